The number of benzene rings is 8. The van der Waals surface area contributed by atoms with Crippen LogP contribution in [0.3, 0.4) is 0 Å². The van der Waals surface area contributed by atoms with E-state index in [0.29, 0.717) is 10.8 Å². The lowest BCUT2D eigenvalue weighted by Crippen LogP contribution is -2.04. The van der Waals surface area contributed by atoms with E-state index in [9.17, 15) is 67.1 Å². The van der Waals surface area contributed by atoms with E-state index in [2.05, 4.69) is 30.7 Å². The van der Waals surface area contributed by atoms with Crippen LogP contribution in [0.2, 0.25) is 0 Å². The topological polar surface area (TPSA) is 407 Å². The molecule has 0 fully saturated rings. The van der Waals surface area contributed by atoms with Crippen molar-refractivity contribution in [3.8, 4) is 16.9 Å². The molecule has 28 heteroatoms. The molecular weight excluding hydrogens is 999 g/mol. The van der Waals surface area contributed by atoms with E-state index in [1.807, 2.05) is 0 Å². The van der Waals surface area contributed by atoms with Gasteiger partial charge in [0.25, 0.3) is 46.2 Å². The molecule has 70 heavy (non-hydrogen) atoms. The largest absolute Gasteiger partial charge is 0.505 e. The van der Waals surface area contributed by atoms with E-state index < -0.39 is 76.4 Å². The van der Waals surface area contributed by atoms with Gasteiger partial charge >= 0.3 is 0 Å². The predicted octanol–water partition coefficient (Wildman–Crippen LogP) is 9.82. The van der Waals surface area contributed by atoms with E-state index in [0.717, 1.165) is 66.7 Å². The molecule has 8 aromatic carbocycles. The number of fused-ring (bicyclic) bond motifs is 3. The molecule has 0 heterocycles. The van der Waals surface area contributed by atoms with Gasteiger partial charge in [-0.15, -0.1) is 30.7 Å². The molecule has 356 valence electrons. The molecule has 0 bridgehead atoms. The van der Waals surface area contributed by atoms with Crippen LogP contribution in [0.5, 0.6) is 5.75 Å². The number of azo groups is 3. The van der Waals surface area contributed by atoms with E-state index in [1.165, 1.54) is 30.3 Å². The molecule has 0 spiro atoms. The van der Waals surface area contributed by atoms with Crippen LogP contribution in [0.4, 0.5) is 51.2 Å². The number of nitro benzene ring substituents is 1. The molecule has 8 aromatic rings. The molecule has 0 saturated heterocycles. The molecule has 8 rings (SSSR count). The van der Waals surface area contributed by atoms with Crippen molar-refractivity contribution in [3.05, 3.63) is 131 Å². The number of anilines is 2. The third kappa shape index (κ3) is 9.46. The molecule has 0 aliphatic carbocycles. The SMILES string of the molecule is Nc1cc(N)c([N+](=O)[O-])cc1N=Nc1ccc(S(=O)(=O)O)c2ccc(N=Nc3ccc(N=Nc4ccc(-c5cc(S(=O)(=O)O)ccc5S(=O)(=O)O)c5ccccc45)c4ccc(S(=O)(=O)O)cc34)c(O)c12. The molecule has 0 aliphatic rings. The molecule has 0 aromatic heterocycles. The number of phenols is 1. The summed E-state index contributed by atoms with van der Waals surface area (Å²) in [5, 5.41) is 48.4. The van der Waals surface area contributed by atoms with Crippen molar-refractivity contribution in [2.45, 2.75) is 19.6 Å². The summed E-state index contributed by atoms with van der Waals surface area (Å²) in [5.74, 6) is -0.746. The summed E-state index contributed by atoms with van der Waals surface area (Å²) in [6, 6.07) is 24.2. The highest BCUT2D eigenvalue weighted by molar-refractivity contribution is 7.86. The van der Waals surface area contributed by atoms with Crippen LogP contribution >= 0.6 is 0 Å². The highest BCUT2D eigenvalue weighted by Gasteiger charge is 2.24. The Hall–Kier alpha value is -8.22. The average molecular weight is 1030 g/mol. The molecule has 9 N–H and O–H groups in total. The molecule has 0 atom stereocenters. The number of nitrogen functional groups attached to an aromatic ring is 2. The van der Waals surface area contributed by atoms with Gasteiger partial charge in [-0.1, -0.05) is 42.5 Å². The van der Waals surface area contributed by atoms with Crippen molar-refractivity contribution in [2.75, 3.05) is 11.5 Å². The Balaban J connectivity index is 1.23. The van der Waals surface area contributed by atoms with Crippen LogP contribution in [0.25, 0.3) is 43.4 Å². The van der Waals surface area contributed by atoms with Gasteiger partial charge in [0, 0.05) is 33.2 Å². The van der Waals surface area contributed by atoms with E-state index in [1.54, 1.807) is 24.3 Å². The first-order chi connectivity index (χ1) is 32.8. The second-order valence-electron chi connectivity index (χ2n) is 14.8. The zero-order chi connectivity index (χ0) is 50.7. The number of hydrogen-bond donors (Lipinski definition) is 7. The van der Waals surface area contributed by atoms with Gasteiger partial charge in [-0.25, -0.2) is 0 Å². The average Bonchev–Trinajstić information content (AvgIpc) is 3.28. The van der Waals surface area contributed by atoms with Crippen LogP contribution in [-0.2, 0) is 40.5 Å². The Bertz CT molecular complexity index is 4150. The van der Waals surface area contributed by atoms with E-state index >= 15 is 0 Å². The standard InChI is InChI=1S/C42H29N9O15S4/c43-30-19-31(44)38(51(53)54)20-37(30)50-48-35-14-16-39(69(61,62)63)27-9-11-36(42(52)41(27)35)49-47-34-13-12-33(26-7-5-21(17-28(26)34)67(55,56)57)46-45-32-10-8-24(23-3-1-2-4-25(23)32)29-18-22(68(58,59)60)6-15-40(29)70(64,65)66/h1-20,52H,43-44H2,(H,55,56,57)(H,58,59,60)(H,61,62,63)(H,64,65,66). The molecular formula is C42H29N9O15S4. The fourth-order valence-corrected chi connectivity index (χ4v) is 9.67. The number of nitrogens with two attached hydrogens (primary N) is 2. The zero-order valence-corrected chi connectivity index (χ0v) is 38.0. The molecule has 0 unspecified atom stereocenters. The van der Waals surface area contributed by atoms with E-state index in [-0.39, 0.29) is 78.2 Å². The molecule has 0 aliphatic heterocycles. The quantitative estimate of drug-likeness (QED) is 0.0197. The fourth-order valence-electron chi connectivity index (χ4n) is 7.28. The number of aromatic hydroxyl groups is 1. The van der Waals surface area contributed by atoms with E-state index in [4.69, 9.17) is 11.5 Å². The fraction of sp³-hybridized carbons (Fsp3) is 0. The number of nitro groups is 1. The van der Waals surface area contributed by atoms with Crippen LogP contribution in [-0.4, -0.2) is 61.9 Å². The van der Waals surface area contributed by atoms with Crippen LogP contribution in [0.15, 0.2) is 172 Å². The van der Waals surface area contributed by atoms with Crippen molar-refractivity contribution >= 4 is 124 Å². The molecule has 0 amide bonds. The minimum atomic E-state index is -4.92. The van der Waals surface area contributed by atoms with Gasteiger partial charge in [-0.05, 0) is 83.7 Å². The number of hydrogen-bond acceptors (Lipinski definition) is 19. The Labute approximate surface area is 394 Å². The van der Waals surface area contributed by atoms with Crippen LogP contribution in [0, 0.1) is 10.1 Å². The maximum atomic E-state index is 12.4. The maximum Gasteiger partial charge on any atom is 0.295 e. The normalized spacial score (nSPS) is 12.9. The summed E-state index contributed by atoms with van der Waals surface area (Å²) in [5.41, 5.74) is 10.0. The monoisotopic (exact) mass is 1030 g/mol. The molecule has 24 nitrogen and oxygen atoms in total. The summed E-state index contributed by atoms with van der Waals surface area (Å²) in [4.78, 5) is 8.18. The first-order valence-electron chi connectivity index (χ1n) is 19.3. The van der Waals surface area contributed by atoms with Crippen molar-refractivity contribution < 1.29 is 61.9 Å². The zero-order valence-electron chi connectivity index (χ0n) is 34.8. The van der Waals surface area contributed by atoms with Gasteiger partial charge in [0.2, 0.25) is 0 Å². The van der Waals surface area contributed by atoms with Gasteiger partial charge in [-0.3, -0.25) is 28.3 Å². The minimum Gasteiger partial charge on any atom is -0.505 e. The smallest absolute Gasteiger partial charge is 0.295 e. The van der Waals surface area contributed by atoms with Crippen molar-refractivity contribution in [1.29, 1.82) is 0 Å². The van der Waals surface area contributed by atoms with Gasteiger partial charge in [0.15, 0.2) is 5.75 Å². The lowest BCUT2D eigenvalue weighted by Gasteiger charge is -2.13. The third-order valence-corrected chi connectivity index (χ3v) is 14.0. The second-order valence-corrected chi connectivity index (χ2v) is 20.4. The number of rotatable bonds is 12. The Morgan fingerprint density at radius 1 is 0.429 bits per heavy atom. The third-order valence-electron chi connectivity index (χ3n) is 10.5. The Kier molecular flexibility index (Phi) is 12.2. The maximum absolute atomic E-state index is 12.4. The highest BCUT2D eigenvalue weighted by atomic mass is 32.2. The lowest BCUT2D eigenvalue weighted by atomic mass is 9.97. The summed E-state index contributed by atoms with van der Waals surface area (Å²) in [6.07, 6.45) is 0. The van der Waals surface area contributed by atoms with Crippen molar-refractivity contribution in [1.82, 2.24) is 0 Å². The van der Waals surface area contributed by atoms with Crippen molar-refractivity contribution in [3.63, 3.8) is 0 Å². The van der Waals surface area contributed by atoms with Gasteiger partial charge in [0.05, 0.1) is 48.5 Å². The summed E-state index contributed by atoms with van der Waals surface area (Å²) in [7, 11) is -19.5. The van der Waals surface area contributed by atoms with Gasteiger partial charge in [-0.2, -0.15) is 33.7 Å². The predicted molar refractivity (Wildman–Crippen MR) is 253 cm³/mol. The highest BCUT2D eigenvalue weighted by Crippen LogP contribution is 2.46. The first kappa shape index (κ1) is 48.2. The van der Waals surface area contributed by atoms with Gasteiger partial charge < -0.3 is 16.6 Å². The minimum absolute atomic E-state index is 0.0191. The summed E-state index contributed by atoms with van der Waals surface area (Å²) in [6.45, 7) is 0. The van der Waals surface area contributed by atoms with Gasteiger partial charge in [0.1, 0.15) is 26.9 Å². The Morgan fingerprint density at radius 2 is 0.900 bits per heavy atom. The Morgan fingerprint density at radius 3 is 1.51 bits per heavy atom. The van der Waals surface area contributed by atoms with Crippen LogP contribution in [0.1, 0.15) is 0 Å². The van der Waals surface area contributed by atoms with Crippen LogP contribution < -0.4 is 11.5 Å². The van der Waals surface area contributed by atoms with Crippen molar-refractivity contribution in [2.24, 2.45) is 30.7 Å². The molecule has 0 radical (unpaired) electrons. The first-order valence-corrected chi connectivity index (χ1v) is 25.1. The summed E-state index contributed by atoms with van der Waals surface area (Å²) < 4.78 is 138. The second kappa shape index (κ2) is 17.7. The number of nitrogens with zero attached hydrogens (tertiary/aromatic N) is 7. The summed E-state index contributed by atoms with van der Waals surface area (Å²) >= 11 is 0. The number of phenolic OH excluding ortho intramolecular Hbond substituents is 1. The lowest BCUT2D eigenvalue weighted by molar-refractivity contribution is -0.383. The molecule has 0 saturated carbocycles.